The first-order valence-electron chi connectivity index (χ1n) is 6.50. The first kappa shape index (κ1) is 12.4. The van der Waals surface area contributed by atoms with Gasteiger partial charge < -0.3 is 16.0 Å². The zero-order valence-electron chi connectivity index (χ0n) is 10.3. The Labute approximate surface area is 102 Å². The van der Waals surface area contributed by atoms with Gasteiger partial charge in [0.1, 0.15) is 6.04 Å². The number of nitrogens with two attached hydrogens (primary N) is 1. The Bertz CT molecular complexity index is 315. The molecule has 3 N–H and O–H groups in total. The standard InChI is InChI=1S/C12H21N3O2/c1-2-9(13)12(17)15-7-3-4-10(15)11(16)14-8-5-6-8/h8-10H,2-7,13H2,1H3,(H,14,16)/t9-,10?/m0/s1. The van der Waals surface area contributed by atoms with Gasteiger partial charge in [0.2, 0.25) is 11.8 Å². The maximum atomic E-state index is 12.0. The monoisotopic (exact) mass is 239 g/mol. The molecule has 2 amide bonds. The summed E-state index contributed by atoms with van der Waals surface area (Å²) in [4.78, 5) is 25.6. The van der Waals surface area contributed by atoms with Crippen LogP contribution >= 0.6 is 0 Å². The van der Waals surface area contributed by atoms with E-state index >= 15 is 0 Å². The molecule has 5 heteroatoms. The number of carbonyl (C=O) groups excluding carboxylic acids is 2. The minimum atomic E-state index is -0.468. The molecule has 1 aliphatic heterocycles. The molecule has 0 spiro atoms. The van der Waals surface area contributed by atoms with Crippen LogP contribution < -0.4 is 11.1 Å². The molecule has 5 nitrogen and oxygen atoms in total. The lowest BCUT2D eigenvalue weighted by Crippen LogP contribution is -2.51. The molecule has 1 saturated heterocycles. The van der Waals surface area contributed by atoms with E-state index < -0.39 is 6.04 Å². The summed E-state index contributed by atoms with van der Waals surface area (Å²) in [6.45, 7) is 2.55. The van der Waals surface area contributed by atoms with Gasteiger partial charge in [-0.2, -0.15) is 0 Å². The van der Waals surface area contributed by atoms with Gasteiger partial charge in [-0.15, -0.1) is 0 Å². The Morgan fingerprint density at radius 1 is 1.41 bits per heavy atom. The second kappa shape index (κ2) is 5.04. The van der Waals surface area contributed by atoms with Crippen molar-refractivity contribution in [1.29, 1.82) is 0 Å². The lowest BCUT2D eigenvalue weighted by atomic mass is 10.1. The summed E-state index contributed by atoms with van der Waals surface area (Å²) in [6.07, 6.45) is 4.42. The van der Waals surface area contributed by atoms with Crippen LogP contribution in [-0.2, 0) is 9.59 Å². The van der Waals surface area contributed by atoms with Gasteiger partial charge in [-0.25, -0.2) is 0 Å². The number of carbonyl (C=O) groups is 2. The van der Waals surface area contributed by atoms with Crippen LogP contribution in [0.5, 0.6) is 0 Å². The summed E-state index contributed by atoms with van der Waals surface area (Å²) in [7, 11) is 0. The van der Waals surface area contributed by atoms with Crippen molar-refractivity contribution in [1.82, 2.24) is 10.2 Å². The summed E-state index contributed by atoms with van der Waals surface area (Å²) in [5.41, 5.74) is 5.75. The van der Waals surface area contributed by atoms with Gasteiger partial charge in [0, 0.05) is 12.6 Å². The van der Waals surface area contributed by atoms with Crippen molar-refractivity contribution < 1.29 is 9.59 Å². The normalized spacial score (nSPS) is 25.8. The van der Waals surface area contributed by atoms with Gasteiger partial charge in [0.05, 0.1) is 6.04 Å². The molecule has 0 radical (unpaired) electrons. The van der Waals surface area contributed by atoms with Crippen LogP contribution in [0.1, 0.15) is 39.0 Å². The van der Waals surface area contributed by atoms with Crippen molar-refractivity contribution >= 4 is 11.8 Å². The van der Waals surface area contributed by atoms with E-state index in [-0.39, 0.29) is 17.9 Å². The van der Waals surface area contributed by atoms with Crippen LogP contribution in [0.4, 0.5) is 0 Å². The predicted octanol–water partition coefficient (Wildman–Crippen LogP) is -0.00670. The third-order valence-electron chi connectivity index (χ3n) is 3.52. The average molecular weight is 239 g/mol. The quantitative estimate of drug-likeness (QED) is 0.724. The molecule has 0 bridgehead atoms. The first-order chi connectivity index (χ1) is 8.13. The molecule has 1 unspecified atom stereocenters. The SMILES string of the molecule is CC[C@H](N)C(=O)N1CCCC1C(=O)NC1CC1. The van der Waals surface area contributed by atoms with E-state index in [1.165, 1.54) is 0 Å². The largest absolute Gasteiger partial charge is 0.352 e. The predicted molar refractivity (Wildman–Crippen MR) is 64.2 cm³/mol. The Morgan fingerprint density at radius 2 is 2.12 bits per heavy atom. The minimum absolute atomic E-state index is 0.00153. The fourth-order valence-electron chi connectivity index (χ4n) is 2.22. The van der Waals surface area contributed by atoms with Crippen molar-refractivity contribution in [3.63, 3.8) is 0 Å². The van der Waals surface area contributed by atoms with Gasteiger partial charge in [-0.3, -0.25) is 9.59 Å². The van der Waals surface area contributed by atoms with Crippen LogP contribution in [0.3, 0.4) is 0 Å². The third-order valence-corrected chi connectivity index (χ3v) is 3.52. The lowest BCUT2D eigenvalue weighted by molar-refractivity contribution is -0.139. The first-order valence-corrected chi connectivity index (χ1v) is 6.50. The Morgan fingerprint density at radius 3 is 2.71 bits per heavy atom. The zero-order chi connectivity index (χ0) is 12.4. The molecular formula is C12H21N3O2. The number of nitrogens with one attached hydrogen (secondary N) is 1. The molecule has 17 heavy (non-hydrogen) atoms. The number of hydrogen-bond donors (Lipinski definition) is 2. The Balaban J connectivity index is 1.95. The molecular weight excluding hydrogens is 218 g/mol. The van der Waals surface area contributed by atoms with Gasteiger partial charge in [-0.1, -0.05) is 6.92 Å². The summed E-state index contributed by atoms with van der Waals surface area (Å²) in [5, 5.41) is 2.96. The van der Waals surface area contributed by atoms with Gasteiger partial charge >= 0.3 is 0 Å². The summed E-state index contributed by atoms with van der Waals surface area (Å²) < 4.78 is 0. The van der Waals surface area contributed by atoms with E-state index in [1.54, 1.807) is 4.90 Å². The molecule has 1 aliphatic carbocycles. The van der Waals surface area contributed by atoms with Gasteiger partial charge in [0.25, 0.3) is 0 Å². The molecule has 0 aromatic carbocycles. The van der Waals surface area contributed by atoms with Crippen molar-refractivity contribution in [3.8, 4) is 0 Å². The Kier molecular flexibility index (Phi) is 3.66. The van der Waals surface area contributed by atoms with Crippen molar-refractivity contribution in [2.24, 2.45) is 5.73 Å². The summed E-state index contributed by atoms with van der Waals surface area (Å²) in [5.74, 6) is -0.0809. The fraction of sp³-hybridized carbons (Fsp3) is 0.833. The second-order valence-corrected chi connectivity index (χ2v) is 4.99. The highest BCUT2D eigenvalue weighted by Crippen LogP contribution is 2.22. The van der Waals surface area contributed by atoms with Gasteiger partial charge in [0.15, 0.2) is 0 Å². The molecule has 2 rings (SSSR count). The molecule has 2 aliphatic rings. The van der Waals surface area contributed by atoms with Crippen LogP contribution in [-0.4, -0.2) is 41.4 Å². The number of rotatable bonds is 4. The third kappa shape index (κ3) is 2.77. The highest BCUT2D eigenvalue weighted by Gasteiger charge is 2.37. The minimum Gasteiger partial charge on any atom is -0.352 e. The number of likely N-dealkylation sites (tertiary alicyclic amines) is 1. The molecule has 96 valence electrons. The Hall–Kier alpha value is -1.10. The number of hydrogen-bond acceptors (Lipinski definition) is 3. The molecule has 1 heterocycles. The average Bonchev–Trinajstić information content (AvgIpc) is 2.99. The maximum absolute atomic E-state index is 12.0. The maximum Gasteiger partial charge on any atom is 0.243 e. The van der Waals surface area contributed by atoms with E-state index in [9.17, 15) is 9.59 Å². The van der Waals surface area contributed by atoms with Crippen LogP contribution in [0.15, 0.2) is 0 Å². The highest BCUT2D eigenvalue weighted by molar-refractivity contribution is 5.90. The van der Waals surface area contributed by atoms with Crippen molar-refractivity contribution in [3.05, 3.63) is 0 Å². The topological polar surface area (TPSA) is 75.4 Å². The van der Waals surface area contributed by atoms with Crippen molar-refractivity contribution in [2.45, 2.75) is 57.2 Å². The number of nitrogens with zero attached hydrogens (tertiary/aromatic N) is 1. The van der Waals surface area contributed by atoms with Crippen molar-refractivity contribution in [2.75, 3.05) is 6.54 Å². The molecule has 1 saturated carbocycles. The molecule has 0 aromatic heterocycles. The second-order valence-electron chi connectivity index (χ2n) is 4.99. The van der Waals surface area contributed by atoms with E-state index in [4.69, 9.17) is 5.73 Å². The van der Waals surface area contributed by atoms with E-state index in [1.807, 2.05) is 6.92 Å². The number of amides is 2. The molecule has 2 fully saturated rings. The smallest absolute Gasteiger partial charge is 0.243 e. The van der Waals surface area contributed by atoms with E-state index in [2.05, 4.69) is 5.32 Å². The lowest BCUT2D eigenvalue weighted by Gasteiger charge is -2.26. The van der Waals surface area contributed by atoms with Crippen LogP contribution in [0.25, 0.3) is 0 Å². The zero-order valence-corrected chi connectivity index (χ0v) is 10.3. The van der Waals surface area contributed by atoms with Crippen LogP contribution in [0, 0.1) is 0 Å². The summed E-state index contributed by atoms with van der Waals surface area (Å²) >= 11 is 0. The van der Waals surface area contributed by atoms with Gasteiger partial charge in [-0.05, 0) is 32.1 Å². The van der Waals surface area contributed by atoms with Crippen LogP contribution in [0.2, 0.25) is 0 Å². The molecule has 2 atom stereocenters. The van der Waals surface area contributed by atoms with E-state index in [0.29, 0.717) is 19.0 Å². The van der Waals surface area contributed by atoms with E-state index in [0.717, 1.165) is 25.7 Å². The fourth-order valence-corrected chi connectivity index (χ4v) is 2.22. The highest BCUT2D eigenvalue weighted by atomic mass is 16.2. The summed E-state index contributed by atoms with van der Waals surface area (Å²) in [6, 6.07) is -0.412. The molecule has 0 aromatic rings.